The highest BCUT2D eigenvalue weighted by Crippen LogP contribution is 2.65. The summed E-state index contributed by atoms with van der Waals surface area (Å²) < 4.78 is 1.66. The molecule has 4 fully saturated rings. The van der Waals surface area contributed by atoms with Gasteiger partial charge < -0.3 is 0 Å². The Morgan fingerprint density at radius 2 is 1.90 bits per heavy atom. The van der Waals surface area contributed by atoms with E-state index in [0.717, 1.165) is 36.0 Å². The molecule has 1 heterocycles. The molecule has 0 bridgehead atoms. The number of rotatable bonds is 3. The van der Waals surface area contributed by atoms with E-state index in [-0.39, 0.29) is 11.3 Å². The predicted molar refractivity (Wildman–Crippen MR) is 116 cm³/mol. The molecule has 0 amide bonds. The number of nitrogens with zero attached hydrogens (tertiary/aromatic N) is 3. The standard InChI is InChI=1S/C26H37N3O/c1-25(2)10-8-19-18(12-25)4-5-21-20(19)9-11-26(3)22(21)6-7-23(26)24(30)16-29-15-17(13-27)14-28-29/h14-15,18-23H,4-12,16H2,1-3H3/t18?,19?,20-,21-,22+,23-,26+/m1/s1. The van der Waals surface area contributed by atoms with Crippen LogP contribution in [-0.2, 0) is 11.3 Å². The molecule has 7 atom stereocenters. The first-order chi connectivity index (χ1) is 14.3. The zero-order chi connectivity index (χ0) is 21.1. The number of carbonyl (C=O) groups is 1. The van der Waals surface area contributed by atoms with Gasteiger partial charge in [-0.3, -0.25) is 9.48 Å². The van der Waals surface area contributed by atoms with Crippen LogP contribution < -0.4 is 0 Å². The van der Waals surface area contributed by atoms with Crippen LogP contribution in [0.1, 0.15) is 84.1 Å². The molecule has 30 heavy (non-hydrogen) atoms. The lowest BCUT2D eigenvalue weighted by atomic mass is 9.48. The van der Waals surface area contributed by atoms with Gasteiger partial charge in [-0.15, -0.1) is 0 Å². The van der Waals surface area contributed by atoms with Crippen molar-refractivity contribution < 1.29 is 4.79 Å². The van der Waals surface area contributed by atoms with Gasteiger partial charge >= 0.3 is 0 Å². The predicted octanol–water partition coefficient (Wildman–Crippen LogP) is 5.62. The van der Waals surface area contributed by atoms with Crippen LogP contribution in [0.2, 0.25) is 0 Å². The average Bonchev–Trinajstić information content (AvgIpc) is 3.30. The van der Waals surface area contributed by atoms with Crippen LogP contribution >= 0.6 is 0 Å². The van der Waals surface area contributed by atoms with Gasteiger partial charge in [-0.1, -0.05) is 20.8 Å². The molecular formula is C26H37N3O. The molecule has 4 aliphatic rings. The van der Waals surface area contributed by atoms with E-state index in [4.69, 9.17) is 5.26 Å². The number of hydrogen-bond donors (Lipinski definition) is 0. The lowest BCUT2D eigenvalue weighted by molar-refractivity contribution is -0.131. The third-order valence-corrected chi connectivity index (χ3v) is 9.96. The highest BCUT2D eigenvalue weighted by atomic mass is 16.1. The number of hydrogen-bond acceptors (Lipinski definition) is 3. The third-order valence-electron chi connectivity index (χ3n) is 9.96. The quantitative estimate of drug-likeness (QED) is 0.653. The van der Waals surface area contributed by atoms with E-state index in [0.29, 0.717) is 23.3 Å². The van der Waals surface area contributed by atoms with Gasteiger partial charge in [0.25, 0.3) is 0 Å². The Bertz CT molecular complexity index is 864. The SMILES string of the molecule is CC1(C)CCC2C(CC[C@@H]3[C@@H]2CC[C@]2(C)[C@@H](C(=O)Cn4cc(C#N)cn4)CC[C@@H]32)C1. The van der Waals surface area contributed by atoms with Crippen LogP contribution in [0.15, 0.2) is 12.4 Å². The van der Waals surface area contributed by atoms with Gasteiger partial charge in [0.1, 0.15) is 6.07 Å². The molecule has 1 aromatic heterocycles. The molecule has 5 rings (SSSR count). The minimum absolute atomic E-state index is 0.168. The van der Waals surface area contributed by atoms with Crippen LogP contribution in [0.25, 0.3) is 0 Å². The molecule has 4 heteroatoms. The summed E-state index contributed by atoms with van der Waals surface area (Å²) in [5, 5.41) is 13.2. The van der Waals surface area contributed by atoms with Crippen molar-refractivity contribution in [2.45, 2.75) is 85.1 Å². The van der Waals surface area contributed by atoms with Crippen molar-refractivity contribution in [3.63, 3.8) is 0 Å². The lowest BCUT2D eigenvalue weighted by Gasteiger charge is -2.57. The smallest absolute Gasteiger partial charge is 0.157 e. The first-order valence-corrected chi connectivity index (χ1v) is 12.3. The maximum absolute atomic E-state index is 13.3. The van der Waals surface area contributed by atoms with Crippen LogP contribution in [-0.4, -0.2) is 15.6 Å². The summed E-state index contributed by atoms with van der Waals surface area (Å²) in [6.45, 7) is 7.70. The van der Waals surface area contributed by atoms with Crippen LogP contribution in [0, 0.1) is 57.7 Å². The third kappa shape index (κ3) is 3.24. The maximum Gasteiger partial charge on any atom is 0.157 e. The molecule has 162 valence electrons. The number of Topliss-reactive ketones (excluding diaryl/α,β-unsaturated/α-hetero) is 1. The molecule has 4 saturated carbocycles. The maximum atomic E-state index is 13.3. The molecule has 4 nitrogen and oxygen atoms in total. The molecule has 0 aliphatic heterocycles. The van der Waals surface area contributed by atoms with Gasteiger partial charge in [0.15, 0.2) is 5.78 Å². The Labute approximate surface area is 181 Å². The van der Waals surface area contributed by atoms with Crippen molar-refractivity contribution in [2.24, 2.45) is 46.3 Å². The Hall–Kier alpha value is -1.63. The highest BCUT2D eigenvalue weighted by molar-refractivity contribution is 5.82. The minimum atomic E-state index is 0.168. The number of nitriles is 1. The fraction of sp³-hybridized carbons (Fsp3) is 0.808. The van der Waals surface area contributed by atoms with Crippen molar-refractivity contribution >= 4 is 5.78 Å². The monoisotopic (exact) mass is 407 g/mol. The summed E-state index contributed by atoms with van der Waals surface area (Å²) in [6, 6.07) is 2.11. The second kappa shape index (κ2) is 7.21. The zero-order valence-electron chi connectivity index (χ0n) is 18.9. The summed E-state index contributed by atoms with van der Waals surface area (Å²) in [5.74, 6) is 4.89. The fourth-order valence-corrected chi connectivity index (χ4v) is 8.61. The van der Waals surface area contributed by atoms with Crippen LogP contribution in [0.3, 0.4) is 0 Å². The number of ketones is 1. The molecule has 2 unspecified atom stereocenters. The van der Waals surface area contributed by atoms with Gasteiger partial charge in [-0.25, -0.2) is 0 Å². The Kier molecular flexibility index (Phi) is 4.88. The van der Waals surface area contributed by atoms with Gasteiger partial charge in [0, 0.05) is 12.1 Å². The second-order valence-electron chi connectivity index (χ2n) is 12.0. The summed E-state index contributed by atoms with van der Waals surface area (Å²) in [7, 11) is 0. The van der Waals surface area contributed by atoms with Crippen molar-refractivity contribution in [3.8, 4) is 6.07 Å². The molecular weight excluding hydrogens is 370 g/mol. The van der Waals surface area contributed by atoms with Crippen molar-refractivity contribution in [2.75, 3.05) is 0 Å². The van der Waals surface area contributed by atoms with Crippen molar-refractivity contribution in [1.82, 2.24) is 9.78 Å². The van der Waals surface area contributed by atoms with E-state index < -0.39 is 0 Å². The van der Waals surface area contributed by atoms with Crippen LogP contribution in [0.5, 0.6) is 0 Å². The average molecular weight is 408 g/mol. The topological polar surface area (TPSA) is 58.7 Å². The molecule has 0 aromatic carbocycles. The van der Waals surface area contributed by atoms with E-state index in [1.807, 2.05) is 0 Å². The largest absolute Gasteiger partial charge is 0.297 e. The van der Waals surface area contributed by atoms with Gasteiger partial charge in [-0.05, 0) is 98.2 Å². The highest BCUT2D eigenvalue weighted by Gasteiger charge is 2.58. The molecule has 4 aliphatic carbocycles. The van der Waals surface area contributed by atoms with Gasteiger partial charge in [-0.2, -0.15) is 10.4 Å². The molecule has 1 aromatic rings. The van der Waals surface area contributed by atoms with E-state index in [9.17, 15) is 4.79 Å². The van der Waals surface area contributed by atoms with Gasteiger partial charge in [0.05, 0.1) is 18.3 Å². The zero-order valence-corrected chi connectivity index (χ0v) is 18.9. The summed E-state index contributed by atoms with van der Waals surface area (Å²) in [6.07, 6.45) is 15.2. The van der Waals surface area contributed by atoms with Crippen LogP contribution in [0.4, 0.5) is 0 Å². The molecule has 0 N–H and O–H groups in total. The molecule has 0 spiro atoms. The van der Waals surface area contributed by atoms with E-state index in [2.05, 4.69) is 31.9 Å². The lowest BCUT2D eigenvalue weighted by Crippen LogP contribution is -2.50. The Morgan fingerprint density at radius 3 is 2.67 bits per heavy atom. The first kappa shape index (κ1) is 20.3. The first-order valence-electron chi connectivity index (χ1n) is 12.3. The van der Waals surface area contributed by atoms with Crippen molar-refractivity contribution in [1.29, 1.82) is 5.26 Å². The summed E-state index contributed by atoms with van der Waals surface area (Å²) >= 11 is 0. The minimum Gasteiger partial charge on any atom is -0.297 e. The van der Waals surface area contributed by atoms with E-state index in [1.165, 1.54) is 51.4 Å². The van der Waals surface area contributed by atoms with E-state index in [1.54, 1.807) is 17.1 Å². The summed E-state index contributed by atoms with van der Waals surface area (Å²) in [5.41, 5.74) is 1.25. The second-order valence-corrected chi connectivity index (χ2v) is 12.0. The normalized spacial score (nSPS) is 41.9. The van der Waals surface area contributed by atoms with Gasteiger partial charge in [0.2, 0.25) is 0 Å². The number of fused-ring (bicyclic) bond motifs is 5. The summed E-state index contributed by atoms with van der Waals surface area (Å²) in [4.78, 5) is 13.3. The van der Waals surface area contributed by atoms with Crippen molar-refractivity contribution in [3.05, 3.63) is 18.0 Å². The Morgan fingerprint density at radius 1 is 1.10 bits per heavy atom. The number of carbonyl (C=O) groups excluding carboxylic acids is 1. The molecule has 0 radical (unpaired) electrons. The fourth-order valence-electron chi connectivity index (χ4n) is 8.61. The Balaban J connectivity index is 1.30. The van der Waals surface area contributed by atoms with E-state index >= 15 is 0 Å². The molecule has 0 saturated heterocycles. The number of aromatic nitrogens is 2.